The summed E-state index contributed by atoms with van der Waals surface area (Å²) in [6, 6.07) is 12.9. The molecule has 126 valence electrons. The first-order valence-electron chi connectivity index (χ1n) is 9.42. The number of halogens is 1. The number of hydrogen-bond acceptors (Lipinski definition) is 1. The van der Waals surface area contributed by atoms with Crippen LogP contribution in [-0.4, -0.2) is 6.04 Å². The molecule has 4 aliphatic carbocycles. The molecule has 4 bridgehead atoms. The van der Waals surface area contributed by atoms with Crippen LogP contribution in [0.25, 0.3) is 11.3 Å². The molecule has 0 amide bonds. The van der Waals surface area contributed by atoms with Gasteiger partial charge in [0.1, 0.15) is 12.3 Å². The molecule has 1 aromatic heterocycles. The third-order valence-corrected chi connectivity index (χ3v) is 6.93. The van der Waals surface area contributed by atoms with Crippen LogP contribution >= 0.6 is 11.6 Å². The Morgan fingerprint density at radius 2 is 1.54 bits per heavy atom. The van der Waals surface area contributed by atoms with Crippen molar-refractivity contribution in [2.45, 2.75) is 44.7 Å². The molecule has 0 aliphatic heterocycles. The molecule has 2 nitrogen and oxygen atoms in total. The highest BCUT2D eigenvalue weighted by Gasteiger charge is 2.50. The van der Waals surface area contributed by atoms with Gasteiger partial charge in [-0.15, -0.1) is 0 Å². The van der Waals surface area contributed by atoms with E-state index in [-0.39, 0.29) is 0 Å². The zero-order valence-electron chi connectivity index (χ0n) is 14.0. The van der Waals surface area contributed by atoms with Crippen molar-refractivity contribution < 1.29 is 9.73 Å². The number of quaternary nitrogens is 1. The summed E-state index contributed by atoms with van der Waals surface area (Å²) in [7, 11) is 0. The summed E-state index contributed by atoms with van der Waals surface area (Å²) in [5.41, 5.74) is 1.10. The van der Waals surface area contributed by atoms with Gasteiger partial charge >= 0.3 is 0 Å². The monoisotopic (exact) mass is 342 g/mol. The fraction of sp³-hybridized carbons (Fsp3) is 0.524. The van der Waals surface area contributed by atoms with Gasteiger partial charge in [-0.1, -0.05) is 11.6 Å². The van der Waals surface area contributed by atoms with E-state index in [0.717, 1.165) is 58.4 Å². The Morgan fingerprint density at radius 3 is 2.21 bits per heavy atom. The Kier molecular flexibility index (Phi) is 3.71. The molecule has 2 aromatic rings. The van der Waals surface area contributed by atoms with Gasteiger partial charge in [-0.2, -0.15) is 0 Å². The molecule has 0 spiro atoms. The average molecular weight is 343 g/mol. The SMILES string of the molecule is Clc1ccc(-c2ccc(C[NH2+]C3C4CC5CC(C4)CC3C5)o2)cc1. The average Bonchev–Trinajstić information content (AvgIpc) is 3.03. The molecule has 1 aromatic carbocycles. The van der Waals surface area contributed by atoms with E-state index < -0.39 is 0 Å². The zero-order chi connectivity index (χ0) is 16.1. The van der Waals surface area contributed by atoms with Gasteiger partial charge in [-0.3, -0.25) is 0 Å². The van der Waals surface area contributed by atoms with Gasteiger partial charge in [0.2, 0.25) is 0 Å². The van der Waals surface area contributed by atoms with Gasteiger partial charge in [-0.05, 0) is 80.3 Å². The van der Waals surface area contributed by atoms with E-state index in [1.807, 2.05) is 24.3 Å². The second kappa shape index (κ2) is 5.93. The molecule has 4 aliphatic rings. The van der Waals surface area contributed by atoms with Crippen molar-refractivity contribution in [1.82, 2.24) is 0 Å². The van der Waals surface area contributed by atoms with Gasteiger partial charge in [0, 0.05) is 22.4 Å². The Labute approximate surface area is 148 Å². The van der Waals surface area contributed by atoms with Crippen LogP contribution in [0.5, 0.6) is 0 Å². The van der Waals surface area contributed by atoms with Crippen molar-refractivity contribution in [2.24, 2.45) is 23.7 Å². The summed E-state index contributed by atoms with van der Waals surface area (Å²) in [5.74, 6) is 6.07. The summed E-state index contributed by atoms with van der Waals surface area (Å²) in [5, 5.41) is 3.35. The van der Waals surface area contributed by atoms with E-state index in [4.69, 9.17) is 16.0 Å². The van der Waals surface area contributed by atoms with E-state index >= 15 is 0 Å². The predicted molar refractivity (Wildman–Crippen MR) is 95.6 cm³/mol. The van der Waals surface area contributed by atoms with Crippen LogP contribution in [0.1, 0.15) is 37.9 Å². The minimum Gasteiger partial charge on any atom is -0.455 e. The predicted octanol–water partition coefficient (Wildman–Crippen LogP) is 4.49. The fourth-order valence-corrected chi connectivity index (χ4v) is 5.99. The molecule has 24 heavy (non-hydrogen) atoms. The fourth-order valence-electron chi connectivity index (χ4n) is 5.86. The van der Waals surface area contributed by atoms with E-state index in [9.17, 15) is 0 Å². The topological polar surface area (TPSA) is 29.8 Å². The van der Waals surface area contributed by atoms with Gasteiger partial charge < -0.3 is 9.73 Å². The lowest BCUT2D eigenvalue weighted by Gasteiger charge is -2.52. The van der Waals surface area contributed by atoms with Crippen molar-refractivity contribution >= 4 is 11.6 Å². The van der Waals surface area contributed by atoms with Crippen molar-refractivity contribution in [2.75, 3.05) is 0 Å². The quantitative estimate of drug-likeness (QED) is 0.871. The van der Waals surface area contributed by atoms with E-state index in [1.54, 1.807) is 0 Å². The Morgan fingerprint density at radius 1 is 0.875 bits per heavy atom. The first-order chi connectivity index (χ1) is 11.7. The lowest BCUT2D eigenvalue weighted by atomic mass is 9.54. The molecule has 2 N–H and O–H groups in total. The first-order valence-corrected chi connectivity index (χ1v) is 9.80. The van der Waals surface area contributed by atoms with Crippen LogP contribution in [0.15, 0.2) is 40.8 Å². The van der Waals surface area contributed by atoms with Crippen LogP contribution in [0.3, 0.4) is 0 Å². The van der Waals surface area contributed by atoms with E-state index in [1.165, 1.54) is 32.1 Å². The number of hydrogen-bond donors (Lipinski definition) is 1. The third kappa shape index (κ3) is 2.70. The molecule has 1 heterocycles. The number of furan rings is 1. The molecule has 4 saturated carbocycles. The maximum atomic E-state index is 6.08. The molecule has 0 saturated heterocycles. The molecule has 0 atom stereocenters. The molecular weight excluding hydrogens is 318 g/mol. The summed E-state index contributed by atoms with van der Waals surface area (Å²) in [6.07, 6.45) is 7.48. The highest BCUT2D eigenvalue weighted by molar-refractivity contribution is 6.30. The molecule has 0 unspecified atom stereocenters. The molecule has 6 rings (SSSR count). The normalized spacial score (nSPS) is 34.0. The lowest BCUT2D eigenvalue weighted by molar-refractivity contribution is -0.724. The zero-order valence-corrected chi connectivity index (χ0v) is 14.7. The molecule has 3 heteroatoms. The van der Waals surface area contributed by atoms with Crippen LogP contribution in [0.4, 0.5) is 0 Å². The standard InChI is InChI=1S/C21H24ClNO/c22-18-3-1-15(2-4-18)20-6-5-19(24-20)12-23-21-16-8-13-7-14(10-16)11-17(21)9-13/h1-6,13-14,16-17,21,23H,7-12H2/p+1. The Hall–Kier alpha value is -1.25. The van der Waals surface area contributed by atoms with Gasteiger partial charge in [-0.25, -0.2) is 0 Å². The van der Waals surface area contributed by atoms with E-state index in [2.05, 4.69) is 17.4 Å². The van der Waals surface area contributed by atoms with Crippen LogP contribution in [0.2, 0.25) is 5.02 Å². The van der Waals surface area contributed by atoms with Crippen molar-refractivity contribution in [3.05, 3.63) is 47.2 Å². The largest absolute Gasteiger partial charge is 0.455 e. The highest BCUT2D eigenvalue weighted by Crippen LogP contribution is 2.52. The van der Waals surface area contributed by atoms with Gasteiger partial charge in [0.05, 0.1) is 6.04 Å². The van der Waals surface area contributed by atoms with Crippen molar-refractivity contribution in [3.63, 3.8) is 0 Å². The smallest absolute Gasteiger partial charge is 0.158 e. The lowest BCUT2D eigenvalue weighted by Crippen LogP contribution is -2.93. The maximum absolute atomic E-state index is 6.08. The highest BCUT2D eigenvalue weighted by atomic mass is 35.5. The minimum atomic E-state index is 0.765. The second-order valence-corrected chi connectivity index (χ2v) is 8.66. The van der Waals surface area contributed by atoms with Crippen LogP contribution in [-0.2, 0) is 6.54 Å². The molecule has 4 fully saturated rings. The molecule has 0 radical (unpaired) electrons. The summed E-state index contributed by atoms with van der Waals surface area (Å²) in [4.78, 5) is 0. The second-order valence-electron chi connectivity index (χ2n) is 8.22. The van der Waals surface area contributed by atoms with Gasteiger partial charge in [0.15, 0.2) is 5.76 Å². The van der Waals surface area contributed by atoms with Crippen LogP contribution < -0.4 is 5.32 Å². The summed E-state index contributed by atoms with van der Waals surface area (Å²) in [6.45, 7) is 0.973. The van der Waals surface area contributed by atoms with Gasteiger partial charge in [0.25, 0.3) is 0 Å². The summed E-state index contributed by atoms with van der Waals surface area (Å²) >= 11 is 5.96. The third-order valence-electron chi connectivity index (χ3n) is 6.68. The van der Waals surface area contributed by atoms with Crippen molar-refractivity contribution in [1.29, 1.82) is 0 Å². The number of benzene rings is 1. The van der Waals surface area contributed by atoms with Crippen LogP contribution in [0, 0.1) is 23.7 Å². The summed E-state index contributed by atoms with van der Waals surface area (Å²) < 4.78 is 6.08. The Balaban J connectivity index is 1.25. The number of nitrogens with two attached hydrogens (primary N) is 1. The minimum absolute atomic E-state index is 0.765. The molecular formula is C21H25ClNO+. The first kappa shape index (κ1) is 15.0. The Bertz CT molecular complexity index is 692. The van der Waals surface area contributed by atoms with E-state index in [0.29, 0.717) is 0 Å². The number of rotatable bonds is 4. The maximum Gasteiger partial charge on any atom is 0.158 e. The van der Waals surface area contributed by atoms with Crippen molar-refractivity contribution in [3.8, 4) is 11.3 Å².